The van der Waals surface area contributed by atoms with Crippen LogP contribution in [0.15, 0.2) is 41.3 Å². The number of carbonyl (C=O) groups excluding carboxylic acids is 1. The van der Waals surface area contributed by atoms with Gasteiger partial charge in [-0.3, -0.25) is 4.90 Å². The number of para-hydroxylation sites is 1. The minimum atomic E-state index is -3.89. The average molecular weight is 476 g/mol. The second-order valence-electron chi connectivity index (χ2n) is 6.89. The number of carbonyl (C=O) groups is 1. The topological polar surface area (TPSA) is 66.9 Å². The van der Waals surface area contributed by atoms with Gasteiger partial charge in [0.25, 0.3) is 0 Å². The lowest BCUT2D eigenvalue weighted by atomic mass is 10.0. The van der Waals surface area contributed by atoms with Crippen LogP contribution in [0.2, 0.25) is 15.1 Å². The number of hydrogen-bond donors (Lipinski definition) is 0. The Hall–Kier alpha value is -1.51. The summed E-state index contributed by atoms with van der Waals surface area (Å²) in [5.74, 6) is 0. The van der Waals surface area contributed by atoms with Crippen molar-refractivity contribution in [3.8, 4) is 0 Å². The molecule has 2 aliphatic heterocycles. The van der Waals surface area contributed by atoms with Crippen molar-refractivity contribution in [3.63, 3.8) is 0 Å². The molecule has 0 atom stereocenters. The fourth-order valence-electron chi connectivity index (χ4n) is 3.77. The number of amides is 1. The molecule has 0 spiro atoms. The number of cyclic esters (lactones) is 1. The molecule has 29 heavy (non-hydrogen) atoms. The van der Waals surface area contributed by atoms with Gasteiger partial charge in [0.1, 0.15) is 11.5 Å². The number of ether oxygens (including phenoxy) is 1. The summed E-state index contributed by atoms with van der Waals surface area (Å²) in [6, 6.07) is 10.1. The molecule has 0 radical (unpaired) electrons. The van der Waals surface area contributed by atoms with E-state index in [-0.39, 0.29) is 45.7 Å². The van der Waals surface area contributed by atoms with Crippen LogP contribution in [0, 0.1) is 0 Å². The van der Waals surface area contributed by atoms with Gasteiger partial charge >= 0.3 is 6.09 Å². The molecule has 10 heteroatoms. The minimum absolute atomic E-state index is 0.0156. The second kappa shape index (κ2) is 7.96. The Morgan fingerprint density at radius 2 is 1.62 bits per heavy atom. The van der Waals surface area contributed by atoms with E-state index in [1.807, 2.05) is 24.3 Å². The molecule has 2 heterocycles. The second-order valence-corrected chi connectivity index (χ2v) is 10.0. The van der Waals surface area contributed by atoms with Crippen LogP contribution in [0.4, 0.5) is 10.5 Å². The number of nitrogens with zero attached hydrogens (tertiary/aromatic N) is 2. The van der Waals surface area contributed by atoms with E-state index in [0.717, 1.165) is 11.3 Å². The molecule has 0 aromatic heterocycles. The SMILES string of the molecule is O=C1OCc2ccccc2N1C1CCN(S(=O)(=O)c2c(Cl)cc(Cl)cc2Cl)CC1. The number of sulfonamides is 1. The number of halogens is 3. The highest BCUT2D eigenvalue weighted by molar-refractivity contribution is 7.89. The molecule has 1 amide bonds. The zero-order chi connectivity index (χ0) is 20.8. The third kappa shape index (κ3) is 3.82. The van der Waals surface area contributed by atoms with Crippen molar-refractivity contribution in [3.05, 3.63) is 57.0 Å². The van der Waals surface area contributed by atoms with E-state index in [2.05, 4.69) is 0 Å². The van der Waals surface area contributed by atoms with E-state index < -0.39 is 16.1 Å². The van der Waals surface area contributed by atoms with Gasteiger partial charge in [0.15, 0.2) is 0 Å². The summed E-state index contributed by atoms with van der Waals surface area (Å²) in [5, 5.41) is 0.233. The highest BCUT2D eigenvalue weighted by atomic mass is 35.5. The van der Waals surface area contributed by atoms with Crippen molar-refractivity contribution in [2.75, 3.05) is 18.0 Å². The standard InChI is InChI=1S/C19H17Cl3N2O4S/c20-13-9-15(21)18(16(22)10-13)29(26,27)23-7-5-14(6-8-23)24-17-4-2-1-3-12(17)11-28-19(24)25/h1-4,9-10,14H,5-8,11H2. The van der Waals surface area contributed by atoms with Gasteiger partial charge in [0, 0.05) is 29.7 Å². The molecule has 6 nitrogen and oxygen atoms in total. The molecule has 2 aromatic rings. The molecule has 0 saturated carbocycles. The Kier molecular flexibility index (Phi) is 5.70. The summed E-state index contributed by atoms with van der Waals surface area (Å²) >= 11 is 18.1. The van der Waals surface area contributed by atoms with Crippen molar-refractivity contribution >= 4 is 56.6 Å². The molecule has 154 valence electrons. The first kappa shape index (κ1) is 20.8. The number of rotatable bonds is 3. The summed E-state index contributed by atoms with van der Waals surface area (Å²) in [4.78, 5) is 13.9. The van der Waals surface area contributed by atoms with Gasteiger partial charge in [0.2, 0.25) is 10.0 Å². The summed E-state index contributed by atoms with van der Waals surface area (Å²) in [6.07, 6.45) is 0.519. The smallest absolute Gasteiger partial charge is 0.414 e. The van der Waals surface area contributed by atoms with Crippen molar-refractivity contribution in [1.82, 2.24) is 4.31 Å². The maximum Gasteiger partial charge on any atom is 0.414 e. The van der Waals surface area contributed by atoms with Crippen LogP contribution in [0.5, 0.6) is 0 Å². The number of fused-ring (bicyclic) bond motifs is 1. The molecule has 0 unspecified atom stereocenters. The number of hydrogen-bond acceptors (Lipinski definition) is 4. The maximum absolute atomic E-state index is 13.1. The van der Waals surface area contributed by atoms with Crippen molar-refractivity contribution in [2.24, 2.45) is 0 Å². The molecule has 0 bridgehead atoms. The molecular weight excluding hydrogens is 459 g/mol. The van der Waals surface area contributed by atoms with Gasteiger partial charge in [-0.15, -0.1) is 0 Å². The lowest BCUT2D eigenvalue weighted by molar-refractivity contribution is 0.136. The number of anilines is 1. The number of piperidine rings is 1. The van der Waals surface area contributed by atoms with E-state index in [1.54, 1.807) is 4.90 Å². The van der Waals surface area contributed by atoms with Gasteiger partial charge in [-0.1, -0.05) is 53.0 Å². The Labute approximate surface area is 183 Å². The largest absolute Gasteiger partial charge is 0.444 e. The van der Waals surface area contributed by atoms with Crippen LogP contribution in [0.25, 0.3) is 0 Å². The summed E-state index contributed by atoms with van der Waals surface area (Å²) < 4.78 is 32.8. The molecule has 1 saturated heterocycles. The summed E-state index contributed by atoms with van der Waals surface area (Å²) in [5.41, 5.74) is 1.75. The van der Waals surface area contributed by atoms with Crippen molar-refractivity contribution in [2.45, 2.75) is 30.4 Å². The van der Waals surface area contributed by atoms with Gasteiger partial charge < -0.3 is 4.74 Å². The van der Waals surface area contributed by atoms with Crippen molar-refractivity contribution in [1.29, 1.82) is 0 Å². The van der Waals surface area contributed by atoms with Gasteiger partial charge in [-0.2, -0.15) is 4.31 Å². The third-order valence-electron chi connectivity index (χ3n) is 5.15. The minimum Gasteiger partial charge on any atom is -0.444 e. The van der Waals surface area contributed by atoms with Gasteiger partial charge in [0.05, 0.1) is 15.7 Å². The molecule has 0 N–H and O–H groups in total. The van der Waals surface area contributed by atoms with Crippen LogP contribution in [0.1, 0.15) is 18.4 Å². The first-order valence-corrected chi connectivity index (χ1v) is 11.5. The molecule has 4 rings (SSSR count). The first-order chi connectivity index (χ1) is 13.8. The predicted molar refractivity (Wildman–Crippen MR) is 112 cm³/mol. The average Bonchev–Trinajstić information content (AvgIpc) is 2.67. The maximum atomic E-state index is 13.1. The van der Waals surface area contributed by atoms with Crippen LogP contribution in [-0.2, 0) is 21.4 Å². The van der Waals surface area contributed by atoms with Gasteiger partial charge in [-0.25, -0.2) is 13.2 Å². The lowest BCUT2D eigenvalue weighted by Crippen LogP contribution is -2.50. The molecule has 2 aromatic carbocycles. The molecule has 1 fully saturated rings. The Bertz CT molecular complexity index is 1050. The summed E-state index contributed by atoms with van der Waals surface area (Å²) in [7, 11) is -3.89. The van der Waals surface area contributed by atoms with Crippen LogP contribution >= 0.6 is 34.8 Å². The fourth-order valence-corrected chi connectivity index (χ4v) is 6.73. The Balaban J connectivity index is 1.55. The van der Waals surface area contributed by atoms with Crippen LogP contribution < -0.4 is 4.90 Å². The quantitative estimate of drug-likeness (QED) is 0.629. The predicted octanol–water partition coefficient (Wildman–Crippen LogP) is 4.96. The zero-order valence-corrected chi connectivity index (χ0v) is 18.2. The van der Waals surface area contributed by atoms with Crippen LogP contribution in [0.3, 0.4) is 0 Å². The third-order valence-corrected chi connectivity index (χ3v) is 8.19. The Morgan fingerprint density at radius 1 is 1.00 bits per heavy atom. The molecule has 2 aliphatic rings. The lowest BCUT2D eigenvalue weighted by Gasteiger charge is -2.39. The van der Waals surface area contributed by atoms with Crippen molar-refractivity contribution < 1.29 is 17.9 Å². The van der Waals surface area contributed by atoms with E-state index in [4.69, 9.17) is 39.5 Å². The first-order valence-electron chi connectivity index (χ1n) is 8.97. The highest BCUT2D eigenvalue weighted by Gasteiger charge is 2.38. The van der Waals surface area contributed by atoms with Gasteiger partial charge in [-0.05, 0) is 31.0 Å². The molecule has 0 aliphatic carbocycles. The zero-order valence-electron chi connectivity index (χ0n) is 15.1. The highest BCUT2D eigenvalue weighted by Crippen LogP contribution is 2.37. The van der Waals surface area contributed by atoms with E-state index in [9.17, 15) is 13.2 Å². The Morgan fingerprint density at radius 3 is 2.28 bits per heavy atom. The van der Waals surface area contributed by atoms with E-state index in [1.165, 1.54) is 16.4 Å². The number of benzene rings is 2. The van der Waals surface area contributed by atoms with E-state index in [0.29, 0.717) is 12.8 Å². The fraction of sp³-hybridized carbons (Fsp3) is 0.316. The summed E-state index contributed by atoms with van der Waals surface area (Å²) in [6.45, 7) is 0.703. The van der Waals surface area contributed by atoms with Crippen LogP contribution in [-0.4, -0.2) is 37.9 Å². The normalized spacial score (nSPS) is 18.4. The van der Waals surface area contributed by atoms with E-state index >= 15 is 0 Å². The monoisotopic (exact) mass is 474 g/mol. The molecular formula is C19H17Cl3N2O4S.